The molecule has 2 saturated heterocycles. The molecule has 1 atom stereocenters. The molecule has 0 aliphatic carbocycles. The molecule has 0 saturated carbocycles. The average molecular weight is 341 g/mol. The summed E-state index contributed by atoms with van der Waals surface area (Å²) in [5, 5.41) is 3.56. The van der Waals surface area contributed by atoms with Gasteiger partial charge in [0.25, 0.3) is 0 Å². The number of piperazine rings is 1. The quantitative estimate of drug-likeness (QED) is 0.771. The topological polar surface area (TPSA) is 48.0 Å². The molecule has 2 fully saturated rings. The van der Waals surface area contributed by atoms with Gasteiger partial charge in [-0.25, -0.2) is 4.79 Å². The van der Waals surface area contributed by atoms with E-state index in [1.54, 1.807) is 0 Å². The van der Waals surface area contributed by atoms with E-state index in [9.17, 15) is 4.79 Å². The molecule has 2 heterocycles. The Morgan fingerprint density at radius 2 is 1.83 bits per heavy atom. The zero-order valence-electron chi connectivity index (χ0n) is 16.0. The molecule has 0 radical (unpaired) electrons. The van der Waals surface area contributed by atoms with Crippen molar-refractivity contribution >= 4 is 6.09 Å². The number of hydrogen-bond donors (Lipinski definition) is 1. The SMILES string of the molecule is CN1CCN(CCNCC2CCCCN2C(=O)OC(C)(C)C)CC1. The van der Waals surface area contributed by atoms with Crippen LogP contribution in [0.1, 0.15) is 40.0 Å². The highest BCUT2D eigenvalue weighted by molar-refractivity contribution is 5.68. The fourth-order valence-corrected chi connectivity index (χ4v) is 3.35. The average Bonchev–Trinajstić information content (AvgIpc) is 2.52. The zero-order chi connectivity index (χ0) is 17.6. The fourth-order valence-electron chi connectivity index (χ4n) is 3.35. The van der Waals surface area contributed by atoms with E-state index in [-0.39, 0.29) is 12.1 Å². The van der Waals surface area contributed by atoms with Crippen molar-refractivity contribution < 1.29 is 9.53 Å². The third-order valence-corrected chi connectivity index (χ3v) is 4.84. The number of ether oxygens (including phenoxy) is 1. The van der Waals surface area contributed by atoms with E-state index in [4.69, 9.17) is 4.74 Å². The molecule has 140 valence electrons. The van der Waals surface area contributed by atoms with Gasteiger partial charge in [-0.2, -0.15) is 0 Å². The van der Waals surface area contributed by atoms with Crippen molar-refractivity contribution in [2.24, 2.45) is 0 Å². The predicted octanol–water partition coefficient (Wildman–Crippen LogP) is 1.61. The molecule has 6 heteroatoms. The molecule has 1 amide bonds. The van der Waals surface area contributed by atoms with Crippen molar-refractivity contribution in [3.63, 3.8) is 0 Å². The van der Waals surface area contributed by atoms with Crippen LogP contribution < -0.4 is 5.32 Å². The molecule has 2 rings (SSSR count). The molecule has 1 N–H and O–H groups in total. The molecular formula is C18H36N4O2. The first kappa shape index (κ1) is 19.5. The summed E-state index contributed by atoms with van der Waals surface area (Å²) in [7, 11) is 2.18. The van der Waals surface area contributed by atoms with Gasteiger partial charge in [0.15, 0.2) is 0 Å². The third-order valence-electron chi connectivity index (χ3n) is 4.84. The lowest BCUT2D eigenvalue weighted by Gasteiger charge is -2.37. The van der Waals surface area contributed by atoms with Crippen molar-refractivity contribution in [3.05, 3.63) is 0 Å². The number of likely N-dealkylation sites (N-methyl/N-ethyl adjacent to an activating group) is 1. The molecular weight excluding hydrogens is 304 g/mol. The van der Waals surface area contributed by atoms with E-state index in [1.165, 1.54) is 6.42 Å². The van der Waals surface area contributed by atoms with Gasteiger partial charge in [-0.1, -0.05) is 0 Å². The van der Waals surface area contributed by atoms with Crippen LogP contribution in [0.25, 0.3) is 0 Å². The number of carbonyl (C=O) groups excluding carboxylic acids is 1. The van der Waals surface area contributed by atoms with E-state index >= 15 is 0 Å². The van der Waals surface area contributed by atoms with Crippen LogP contribution in [0.4, 0.5) is 4.79 Å². The van der Waals surface area contributed by atoms with Gasteiger partial charge in [-0.15, -0.1) is 0 Å². The first-order chi connectivity index (χ1) is 11.3. The van der Waals surface area contributed by atoms with Gasteiger partial charge in [0.1, 0.15) is 5.60 Å². The van der Waals surface area contributed by atoms with E-state index < -0.39 is 5.60 Å². The highest BCUT2D eigenvalue weighted by atomic mass is 16.6. The largest absolute Gasteiger partial charge is 0.444 e. The van der Waals surface area contributed by atoms with Crippen LogP contribution in [0, 0.1) is 0 Å². The third kappa shape index (κ3) is 6.57. The van der Waals surface area contributed by atoms with Gasteiger partial charge in [0.05, 0.1) is 0 Å². The highest BCUT2D eigenvalue weighted by Gasteiger charge is 2.30. The van der Waals surface area contributed by atoms with Crippen molar-refractivity contribution in [1.29, 1.82) is 0 Å². The number of likely N-dealkylation sites (tertiary alicyclic amines) is 1. The standard InChI is InChI=1S/C18H36N4O2/c1-18(2,3)24-17(23)22-9-6-5-7-16(22)15-19-8-10-21-13-11-20(4)12-14-21/h16,19H,5-15H2,1-4H3. The van der Waals surface area contributed by atoms with Crippen LogP contribution in [-0.4, -0.2) is 91.8 Å². The second-order valence-corrected chi connectivity index (χ2v) is 8.17. The minimum absolute atomic E-state index is 0.159. The Morgan fingerprint density at radius 3 is 2.50 bits per heavy atom. The number of carbonyl (C=O) groups is 1. The Kier molecular flexibility index (Phi) is 7.32. The minimum atomic E-state index is -0.423. The summed E-state index contributed by atoms with van der Waals surface area (Å²) >= 11 is 0. The van der Waals surface area contributed by atoms with E-state index in [0.717, 1.165) is 65.2 Å². The maximum absolute atomic E-state index is 12.4. The van der Waals surface area contributed by atoms with Crippen LogP contribution in [0.5, 0.6) is 0 Å². The maximum atomic E-state index is 12.4. The summed E-state index contributed by atoms with van der Waals surface area (Å²) < 4.78 is 5.57. The molecule has 0 aromatic heterocycles. The van der Waals surface area contributed by atoms with E-state index in [1.807, 2.05) is 25.7 Å². The zero-order valence-corrected chi connectivity index (χ0v) is 16.0. The van der Waals surface area contributed by atoms with Crippen molar-refractivity contribution in [2.75, 3.05) is 59.4 Å². The fraction of sp³-hybridized carbons (Fsp3) is 0.944. The lowest BCUT2D eigenvalue weighted by atomic mass is 10.0. The maximum Gasteiger partial charge on any atom is 0.410 e. The number of piperidine rings is 1. The van der Waals surface area contributed by atoms with Crippen molar-refractivity contribution in [3.8, 4) is 0 Å². The summed E-state index contributed by atoms with van der Waals surface area (Å²) in [6.45, 7) is 14.2. The van der Waals surface area contributed by atoms with Gasteiger partial charge in [-0.05, 0) is 47.1 Å². The van der Waals surface area contributed by atoms with Crippen LogP contribution in [0.2, 0.25) is 0 Å². The lowest BCUT2D eigenvalue weighted by Crippen LogP contribution is -2.51. The van der Waals surface area contributed by atoms with Gasteiger partial charge >= 0.3 is 6.09 Å². The van der Waals surface area contributed by atoms with Gasteiger partial charge < -0.3 is 19.9 Å². The number of amides is 1. The lowest BCUT2D eigenvalue weighted by molar-refractivity contribution is 0.00990. The summed E-state index contributed by atoms with van der Waals surface area (Å²) in [6.07, 6.45) is 3.19. The van der Waals surface area contributed by atoms with Crippen molar-refractivity contribution in [2.45, 2.75) is 51.7 Å². The van der Waals surface area contributed by atoms with Gasteiger partial charge in [0.2, 0.25) is 0 Å². The Hall–Kier alpha value is -0.850. The second kappa shape index (κ2) is 9.02. The summed E-state index contributed by atoms with van der Waals surface area (Å²) in [5.74, 6) is 0. The number of nitrogens with one attached hydrogen (secondary N) is 1. The smallest absolute Gasteiger partial charge is 0.410 e. The molecule has 0 bridgehead atoms. The molecule has 0 aromatic carbocycles. The summed E-state index contributed by atoms with van der Waals surface area (Å²) in [6, 6.07) is 0.265. The van der Waals surface area contributed by atoms with Crippen LogP contribution in [-0.2, 0) is 4.74 Å². The summed E-state index contributed by atoms with van der Waals surface area (Å²) in [5.41, 5.74) is -0.423. The molecule has 0 spiro atoms. The Morgan fingerprint density at radius 1 is 1.12 bits per heavy atom. The molecule has 2 aliphatic heterocycles. The molecule has 0 aromatic rings. The molecule has 6 nitrogen and oxygen atoms in total. The normalized spacial score (nSPS) is 24.2. The highest BCUT2D eigenvalue weighted by Crippen LogP contribution is 2.20. The first-order valence-corrected chi connectivity index (χ1v) is 9.46. The molecule has 2 aliphatic rings. The second-order valence-electron chi connectivity index (χ2n) is 8.17. The van der Waals surface area contributed by atoms with Crippen LogP contribution >= 0.6 is 0 Å². The number of nitrogens with zero attached hydrogens (tertiary/aromatic N) is 3. The van der Waals surface area contributed by atoms with E-state index in [2.05, 4.69) is 22.2 Å². The monoisotopic (exact) mass is 340 g/mol. The Balaban J connectivity index is 1.70. The number of rotatable bonds is 5. The molecule has 24 heavy (non-hydrogen) atoms. The first-order valence-electron chi connectivity index (χ1n) is 9.46. The van der Waals surface area contributed by atoms with E-state index in [0.29, 0.717) is 0 Å². The predicted molar refractivity (Wildman–Crippen MR) is 97.4 cm³/mol. The Bertz CT molecular complexity index is 389. The summed E-state index contributed by atoms with van der Waals surface area (Å²) in [4.78, 5) is 19.2. The number of hydrogen-bond acceptors (Lipinski definition) is 5. The van der Waals surface area contributed by atoms with Crippen LogP contribution in [0.3, 0.4) is 0 Å². The Labute approximate surface area is 147 Å². The van der Waals surface area contributed by atoms with Crippen molar-refractivity contribution in [1.82, 2.24) is 20.0 Å². The minimum Gasteiger partial charge on any atom is -0.444 e. The molecule has 1 unspecified atom stereocenters. The van der Waals surface area contributed by atoms with Crippen LogP contribution in [0.15, 0.2) is 0 Å². The van der Waals surface area contributed by atoms with Gasteiger partial charge in [0, 0.05) is 58.4 Å². The van der Waals surface area contributed by atoms with Gasteiger partial charge in [-0.3, -0.25) is 4.90 Å².